The average molecular weight is 673 g/mol. The fourth-order valence-corrected chi connectivity index (χ4v) is 6.99. The fraction of sp³-hybridized carbons (Fsp3) is 0.343. The van der Waals surface area contributed by atoms with Crippen LogP contribution in [0.2, 0.25) is 0 Å². The fourth-order valence-electron chi connectivity index (χ4n) is 5.00. The molecule has 1 aliphatic rings. The number of benzene rings is 2. The summed E-state index contributed by atoms with van der Waals surface area (Å²) in [4.78, 5) is 23.8. The van der Waals surface area contributed by atoms with E-state index in [4.69, 9.17) is 4.74 Å². The highest BCUT2D eigenvalue weighted by Crippen LogP contribution is 2.39. The lowest BCUT2D eigenvalue weighted by molar-refractivity contribution is 0.0690. The van der Waals surface area contributed by atoms with Crippen LogP contribution in [0.1, 0.15) is 78.5 Å². The van der Waals surface area contributed by atoms with Gasteiger partial charge in [-0.05, 0) is 62.9 Å². The zero-order valence-corrected chi connectivity index (χ0v) is 28.5. The molecule has 0 amide bonds. The molecule has 0 aliphatic carbocycles. The lowest BCUT2D eigenvalue weighted by atomic mass is 10.0. The minimum absolute atomic E-state index is 0.0148. The topological polar surface area (TPSA) is 113 Å². The number of anilines is 4. The van der Waals surface area contributed by atoms with Crippen molar-refractivity contribution in [3.63, 3.8) is 0 Å². The normalized spacial score (nSPS) is 12.1. The van der Waals surface area contributed by atoms with Crippen molar-refractivity contribution in [1.29, 1.82) is 0 Å². The van der Waals surface area contributed by atoms with Crippen LogP contribution in [0, 0.1) is 24.6 Å². The number of aromatic carboxylic acids is 1. The molecule has 0 saturated heterocycles. The smallest absolute Gasteiger partial charge is 0.355 e. The van der Waals surface area contributed by atoms with E-state index in [0.29, 0.717) is 53.0 Å². The Morgan fingerprint density at radius 2 is 1.94 bits per heavy atom. The average Bonchev–Trinajstić information content (AvgIpc) is 3.68. The maximum atomic E-state index is 14.4. The van der Waals surface area contributed by atoms with Gasteiger partial charge in [-0.15, -0.1) is 21.5 Å². The summed E-state index contributed by atoms with van der Waals surface area (Å²) >= 11 is 2.89. The number of hydrogen-bond donors (Lipinski definition) is 2. The predicted octanol–water partition coefficient (Wildman–Crippen LogP) is 8.71. The molecule has 5 aromatic rings. The Morgan fingerprint density at radius 3 is 2.68 bits per heavy atom. The summed E-state index contributed by atoms with van der Waals surface area (Å²) in [6, 6.07) is 12.6. The van der Waals surface area contributed by atoms with Crippen LogP contribution in [0.25, 0.3) is 10.2 Å². The third kappa shape index (κ3) is 8.04. The van der Waals surface area contributed by atoms with Crippen molar-refractivity contribution in [3.05, 3.63) is 75.5 Å². The van der Waals surface area contributed by atoms with Gasteiger partial charge in [0.15, 0.2) is 39.2 Å². The second kappa shape index (κ2) is 15.8. The number of carboxylic acid groups (broad SMARTS) is 1. The molecular formula is C35H37FN6O3S2. The van der Waals surface area contributed by atoms with Crippen LogP contribution >= 0.6 is 22.7 Å². The molecule has 0 spiro atoms. The number of carboxylic acids is 1. The number of hydrogen-bond acceptors (Lipinski definition) is 10. The molecule has 2 aromatic carbocycles. The monoisotopic (exact) mass is 672 g/mol. The van der Waals surface area contributed by atoms with Crippen LogP contribution < -0.4 is 15.0 Å². The molecule has 12 heteroatoms. The highest BCUT2D eigenvalue weighted by molar-refractivity contribution is 7.22. The number of fused-ring (bicyclic) bond motifs is 2. The van der Waals surface area contributed by atoms with Gasteiger partial charge in [0.05, 0.1) is 16.8 Å². The van der Waals surface area contributed by atoms with Crippen molar-refractivity contribution in [2.75, 3.05) is 23.4 Å². The molecule has 3 aromatic heterocycles. The van der Waals surface area contributed by atoms with Crippen LogP contribution in [-0.2, 0) is 12.8 Å². The first-order valence-electron chi connectivity index (χ1n) is 15.7. The number of carbonyl (C=O) groups is 1. The summed E-state index contributed by atoms with van der Waals surface area (Å²) in [6.07, 6.45) is 4.55. The number of nitrogens with one attached hydrogen (secondary N) is 1. The van der Waals surface area contributed by atoms with Gasteiger partial charge in [-0.1, -0.05) is 62.5 Å². The molecule has 244 valence electrons. The highest BCUT2D eigenvalue weighted by atomic mass is 32.1. The minimum atomic E-state index is -1.09. The number of nitrogens with zero attached hydrogens (tertiary/aromatic N) is 5. The zero-order chi connectivity index (χ0) is 33.3. The van der Waals surface area contributed by atoms with E-state index in [9.17, 15) is 14.3 Å². The first-order chi connectivity index (χ1) is 22.8. The van der Waals surface area contributed by atoms with Gasteiger partial charge in [0.2, 0.25) is 0 Å². The maximum absolute atomic E-state index is 14.4. The Bertz CT molecular complexity index is 1900. The Morgan fingerprint density at radius 1 is 1.13 bits per heavy atom. The SMILES string of the molecule is CCC.CCC#Cc1ccc(OCCCc2sc(N3CCCc4c3nnc(Nc3nc5ccccc5s3)c4C)nc2C(=O)O)c(F)c1. The van der Waals surface area contributed by atoms with Gasteiger partial charge in [0, 0.05) is 34.5 Å². The van der Waals surface area contributed by atoms with Crippen molar-refractivity contribution in [3.8, 4) is 17.6 Å². The first kappa shape index (κ1) is 33.8. The number of aryl methyl sites for hydroxylation is 1. The third-order valence-electron chi connectivity index (χ3n) is 7.17. The van der Waals surface area contributed by atoms with Gasteiger partial charge in [0.25, 0.3) is 0 Å². The molecule has 0 atom stereocenters. The van der Waals surface area contributed by atoms with E-state index >= 15 is 0 Å². The van der Waals surface area contributed by atoms with Crippen LogP contribution in [0.4, 0.5) is 26.3 Å². The van der Waals surface area contributed by atoms with E-state index in [0.717, 1.165) is 39.3 Å². The van der Waals surface area contributed by atoms with E-state index in [2.05, 4.69) is 51.2 Å². The molecule has 0 fully saturated rings. The first-order valence-corrected chi connectivity index (χ1v) is 17.4. The Kier molecular flexibility index (Phi) is 11.3. The number of rotatable bonds is 9. The van der Waals surface area contributed by atoms with Crippen molar-refractivity contribution >= 4 is 60.8 Å². The molecule has 0 bridgehead atoms. The van der Waals surface area contributed by atoms with Gasteiger partial charge in [-0.2, -0.15) is 0 Å². The predicted molar refractivity (Wildman–Crippen MR) is 187 cm³/mol. The van der Waals surface area contributed by atoms with E-state index in [-0.39, 0.29) is 18.1 Å². The van der Waals surface area contributed by atoms with Crippen molar-refractivity contribution in [1.82, 2.24) is 20.2 Å². The van der Waals surface area contributed by atoms with Crippen LogP contribution in [0.3, 0.4) is 0 Å². The van der Waals surface area contributed by atoms with Crippen LogP contribution in [0.5, 0.6) is 5.75 Å². The number of halogens is 1. The lowest BCUT2D eigenvalue weighted by Gasteiger charge is -2.28. The van der Waals surface area contributed by atoms with Gasteiger partial charge < -0.3 is 20.1 Å². The van der Waals surface area contributed by atoms with Crippen LogP contribution in [0.15, 0.2) is 42.5 Å². The molecule has 9 nitrogen and oxygen atoms in total. The molecule has 0 radical (unpaired) electrons. The molecule has 6 rings (SSSR count). The second-order valence-corrected chi connectivity index (χ2v) is 13.0. The van der Waals surface area contributed by atoms with Gasteiger partial charge >= 0.3 is 5.97 Å². The Balaban J connectivity index is 0.00000139. The van der Waals surface area contributed by atoms with E-state index in [1.807, 2.05) is 43.0 Å². The zero-order valence-electron chi connectivity index (χ0n) is 26.9. The summed E-state index contributed by atoms with van der Waals surface area (Å²) in [5.74, 6) is 5.73. The Hall–Kier alpha value is -4.60. The summed E-state index contributed by atoms with van der Waals surface area (Å²) in [5, 5.41) is 23.6. The van der Waals surface area contributed by atoms with Crippen LogP contribution in [-0.4, -0.2) is 44.4 Å². The summed E-state index contributed by atoms with van der Waals surface area (Å²) in [5.41, 5.74) is 3.56. The molecule has 4 heterocycles. The number of thiazole rings is 2. The summed E-state index contributed by atoms with van der Waals surface area (Å²) in [7, 11) is 0. The highest BCUT2D eigenvalue weighted by Gasteiger charge is 2.28. The van der Waals surface area contributed by atoms with Gasteiger partial charge in [-0.25, -0.2) is 19.2 Å². The van der Waals surface area contributed by atoms with E-state index < -0.39 is 11.8 Å². The van der Waals surface area contributed by atoms with Crippen molar-refractivity contribution < 1.29 is 19.0 Å². The maximum Gasteiger partial charge on any atom is 0.355 e. The summed E-state index contributed by atoms with van der Waals surface area (Å²) < 4.78 is 21.2. The molecule has 47 heavy (non-hydrogen) atoms. The third-order valence-corrected chi connectivity index (χ3v) is 9.26. The lowest BCUT2D eigenvalue weighted by Crippen LogP contribution is -2.27. The van der Waals surface area contributed by atoms with E-state index in [1.165, 1.54) is 23.8 Å². The number of para-hydroxylation sites is 1. The molecule has 2 N–H and O–H groups in total. The molecule has 1 aliphatic heterocycles. The molecule has 0 unspecified atom stereocenters. The largest absolute Gasteiger partial charge is 0.491 e. The Labute approximate surface area is 281 Å². The van der Waals surface area contributed by atoms with Crippen molar-refractivity contribution in [2.45, 2.75) is 66.2 Å². The van der Waals surface area contributed by atoms with Gasteiger partial charge in [-0.3, -0.25) is 0 Å². The standard InChI is InChI=1S/C32H29FN6O3S2.C3H8/c1-3-4-9-20-14-15-24(22(33)18-20)42-17-8-13-26-27(30(40)41)35-32(44-26)39-16-7-10-21-19(2)28(37-38-29(21)39)36-31-34-23-11-5-6-12-25(23)43-31;1-3-2/h5-6,11-12,14-15,18H,3,7-8,10,13,16-17H2,1-2H3,(H,40,41)(H,34,36,37);3H2,1-2H3. The molecule has 0 saturated carbocycles. The van der Waals surface area contributed by atoms with E-state index in [1.54, 1.807) is 23.5 Å². The summed E-state index contributed by atoms with van der Waals surface area (Å²) in [6.45, 7) is 9.07. The minimum Gasteiger partial charge on any atom is -0.491 e. The molecular weight excluding hydrogens is 636 g/mol. The number of aromatic nitrogens is 4. The second-order valence-electron chi connectivity index (χ2n) is 10.9. The quantitative estimate of drug-likeness (QED) is 0.117. The number of ether oxygens (including phenoxy) is 1. The van der Waals surface area contributed by atoms with Crippen molar-refractivity contribution in [2.24, 2.45) is 0 Å². The van der Waals surface area contributed by atoms with Gasteiger partial charge in [0.1, 0.15) is 0 Å².